The summed E-state index contributed by atoms with van der Waals surface area (Å²) in [5.41, 5.74) is 0. The zero-order valence-electron chi connectivity index (χ0n) is 14.5. The van der Waals surface area contributed by atoms with Crippen molar-refractivity contribution in [3.8, 4) is 0 Å². The zero-order valence-corrected chi connectivity index (χ0v) is 15.3. The lowest BCUT2D eigenvalue weighted by Gasteiger charge is -2.17. The number of rotatable bonds is 4. The molecule has 2 heterocycles. The van der Waals surface area contributed by atoms with E-state index in [2.05, 4.69) is 16.7 Å². The quantitative estimate of drug-likeness (QED) is 0.774. The lowest BCUT2D eigenvalue weighted by atomic mass is 9.93. The number of sulfonamides is 1. The lowest BCUT2D eigenvalue weighted by molar-refractivity contribution is -0.192. The number of benzene rings is 1. The summed E-state index contributed by atoms with van der Waals surface area (Å²) in [4.78, 5) is 11.5. The Morgan fingerprint density at radius 2 is 1.89 bits per heavy atom. The van der Waals surface area contributed by atoms with Gasteiger partial charge in [0.25, 0.3) is 0 Å². The molecular formula is C16H21F3N2O5S. The first kappa shape index (κ1) is 21.6. The van der Waals surface area contributed by atoms with Gasteiger partial charge in [0.2, 0.25) is 10.0 Å². The fourth-order valence-electron chi connectivity index (χ4n) is 3.10. The molecule has 152 valence electrons. The number of fused-ring (bicyclic) bond motifs is 1. The Bertz CT molecular complexity index is 742. The molecule has 1 aromatic carbocycles. The van der Waals surface area contributed by atoms with E-state index in [1.807, 2.05) is 6.07 Å². The average Bonchev–Trinajstić information content (AvgIpc) is 3.13. The Kier molecular flexibility index (Phi) is 6.84. The molecule has 11 heteroatoms. The molecule has 0 unspecified atom stereocenters. The first-order valence-corrected chi connectivity index (χ1v) is 9.64. The molecule has 2 aliphatic heterocycles. The molecule has 3 atom stereocenters. The second kappa shape index (κ2) is 8.55. The molecule has 2 saturated heterocycles. The average molecular weight is 410 g/mol. The topological polar surface area (TPSA) is 95.9 Å². The number of carboxylic acids is 1. The Balaban J connectivity index is 0.000000321. The van der Waals surface area contributed by atoms with Gasteiger partial charge in [-0.2, -0.15) is 13.2 Å². The summed E-state index contributed by atoms with van der Waals surface area (Å²) in [7, 11) is -1.33. The highest BCUT2D eigenvalue weighted by atomic mass is 32.2. The number of hydrogen-bond donors (Lipinski definition) is 2. The molecule has 0 bridgehead atoms. The van der Waals surface area contributed by atoms with Gasteiger partial charge in [-0.25, -0.2) is 17.9 Å². The van der Waals surface area contributed by atoms with Crippen LogP contribution in [0.15, 0.2) is 35.2 Å². The first-order chi connectivity index (χ1) is 12.5. The number of nitrogens with zero attached hydrogens (tertiary/aromatic N) is 1. The number of ether oxygens (including phenoxy) is 1. The summed E-state index contributed by atoms with van der Waals surface area (Å²) in [6.07, 6.45) is -4.81. The van der Waals surface area contributed by atoms with E-state index in [0.717, 1.165) is 13.1 Å². The smallest absolute Gasteiger partial charge is 0.475 e. The van der Waals surface area contributed by atoms with Crippen molar-refractivity contribution < 1.29 is 36.2 Å². The van der Waals surface area contributed by atoms with Crippen LogP contribution in [0.4, 0.5) is 13.2 Å². The minimum atomic E-state index is -5.08. The van der Waals surface area contributed by atoms with E-state index >= 15 is 0 Å². The third kappa shape index (κ3) is 5.89. The molecule has 0 aromatic heterocycles. The summed E-state index contributed by atoms with van der Waals surface area (Å²) in [6, 6.07) is 8.49. The second-order valence-electron chi connectivity index (χ2n) is 6.48. The summed E-state index contributed by atoms with van der Waals surface area (Å²) >= 11 is 0. The second-order valence-corrected chi connectivity index (χ2v) is 8.25. The van der Waals surface area contributed by atoms with Gasteiger partial charge in [-0.15, -0.1) is 0 Å². The molecule has 2 N–H and O–H groups in total. The van der Waals surface area contributed by atoms with Crippen LogP contribution in [0, 0.1) is 11.8 Å². The van der Waals surface area contributed by atoms with Gasteiger partial charge in [-0.3, -0.25) is 0 Å². The number of nitrogens with one attached hydrogen (secondary N) is 1. The largest absolute Gasteiger partial charge is 0.490 e. The number of likely N-dealkylation sites (tertiary alicyclic amines) is 1. The van der Waals surface area contributed by atoms with Gasteiger partial charge in [0.15, 0.2) is 0 Å². The van der Waals surface area contributed by atoms with E-state index in [-0.39, 0.29) is 12.0 Å². The maximum atomic E-state index is 12.2. The van der Waals surface area contributed by atoms with Crippen molar-refractivity contribution in [2.75, 3.05) is 33.3 Å². The maximum Gasteiger partial charge on any atom is 0.490 e. The summed E-state index contributed by atoms with van der Waals surface area (Å²) in [5.74, 6) is -2.05. The van der Waals surface area contributed by atoms with Crippen LogP contribution in [-0.2, 0) is 19.6 Å². The van der Waals surface area contributed by atoms with E-state index in [4.69, 9.17) is 14.6 Å². The number of hydrogen-bond acceptors (Lipinski definition) is 5. The van der Waals surface area contributed by atoms with Gasteiger partial charge >= 0.3 is 12.1 Å². The fourth-order valence-corrected chi connectivity index (χ4v) is 4.22. The van der Waals surface area contributed by atoms with E-state index in [0.29, 0.717) is 24.0 Å². The van der Waals surface area contributed by atoms with Crippen LogP contribution < -0.4 is 4.72 Å². The molecule has 27 heavy (non-hydrogen) atoms. The van der Waals surface area contributed by atoms with Crippen molar-refractivity contribution in [3.05, 3.63) is 30.3 Å². The van der Waals surface area contributed by atoms with Crippen LogP contribution in [0.2, 0.25) is 0 Å². The van der Waals surface area contributed by atoms with Gasteiger partial charge in [0, 0.05) is 31.5 Å². The van der Waals surface area contributed by atoms with Crippen LogP contribution in [-0.4, -0.2) is 70.0 Å². The zero-order chi connectivity index (χ0) is 20.2. The number of aliphatic carboxylic acids is 1. The highest BCUT2D eigenvalue weighted by Gasteiger charge is 2.42. The normalized spacial score (nSPS) is 25.6. The molecular weight excluding hydrogens is 389 g/mol. The number of carboxylic acid groups (broad SMARTS) is 1. The van der Waals surface area contributed by atoms with Crippen molar-refractivity contribution in [1.29, 1.82) is 0 Å². The van der Waals surface area contributed by atoms with Gasteiger partial charge in [-0.05, 0) is 19.2 Å². The van der Waals surface area contributed by atoms with Gasteiger partial charge in [-0.1, -0.05) is 18.2 Å². The van der Waals surface area contributed by atoms with Crippen LogP contribution >= 0.6 is 0 Å². The predicted molar refractivity (Wildman–Crippen MR) is 89.5 cm³/mol. The monoisotopic (exact) mass is 410 g/mol. The third-order valence-corrected chi connectivity index (χ3v) is 5.89. The molecule has 0 aliphatic carbocycles. The third-order valence-electron chi connectivity index (χ3n) is 4.45. The molecule has 1 aromatic rings. The molecule has 0 saturated carbocycles. The van der Waals surface area contributed by atoms with E-state index in [1.54, 1.807) is 24.3 Å². The van der Waals surface area contributed by atoms with Crippen molar-refractivity contribution in [3.63, 3.8) is 0 Å². The van der Waals surface area contributed by atoms with Gasteiger partial charge in [0.05, 0.1) is 17.6 Å². The lowest BCUT2D eigenvalue weighted by Crippen LogP contribution is -2.34. The van der Waals surface area contributed by atoms with Gasteiger partial charge in [0.1, 0.15) is 0 Å². The number of alkyl halides is 3. The fraction of sp³-hybridized carbons (Fsp3) is 0.562. The molecule has 2 fully saturated rings. The molecule has 2 aliphatic rings. The minimum Gasteiger partial charge on any atom is -0.475 e. The van der Waals surface area contributed by atoms with Crippen LogP contribution in [0.1, 0.15) is 0 Å². The number of halogens is 3. The minimum absolute atomic E-state index is 0.267. The Morgan fingerprint density at radius 1 is 1.30 bits per heavy atom. The van der Waals surface area contributed by atoms with Crippen molar-refractivity contribution in [2.45, 2.75) is 17.2 Å². The standard InChI is InChI=1S/C14H20N2O3S.C2HF3O2/c1-16-8-13-11(10-19-14(13)9-16)7-15-20(17,18)12-5-3-2-4-6-12;3-2(4,5)1(6)7/h2-6,11,13-15H,7-10H2,1H3;(H,6,7)/t11-,13+,14+;/m0./s1. The van der Waals surface area contributed by atoms with Crippen LogP contribution in [0.3, 0.4) is 0 Å². The highest BCUT2D eigenvalue weighted by Crippen LogP contribution is 2.32. The number of carbonyl (C=O) groups is 1. The van der Waals surface area contributed by atoms with Crippen molar-refractivity contribution in [1.82, 2.24) is 9.62 Å². The summed E-state index contributed by atoms with van der Waals surface area (Å²) < 4.78 is 64.6. The molecule has 3 rings (SSSR count). The highest BCUT2D eigenvalue weighted by molar-refractivity contribution is 7.89. The SMILES string of the molecule is CN1C[C@@H]2[C@@H](CNS(=O)(=O)c3ccccc3)CO[C@@H]2C1.O=C(O)C(F)(F)F. The Hall–Kier alpha value is -1.69. The molecule has 7 nitrogen and oxygen atoms in total. The Morgan fingerprint density at radius 3 is 2.44 bits per heavy atom. The predicted octanol–water partition coefficient (Wildman–Crippen LogP) is 1.17. The van der Waals surface area contributed by atoms with Gasteiger partial charge < -0.3 is 14.7 Å². The van der Waals surface area contributed by atoms with E-state index in [9.17, 15) is 21.6 Å². The van der Waals surface area contributed by atoms with E-state index < -0.39 is 22.2 Å². The van der Waals surface area contributed by atoms with Crippen molar-refractivity contribution in [2.24, 2.45) is 11.8 Å². The van der Waals surface area contributed by atoms with Crippen LogP contribution in [0.25, 0.3) is 0 Å². The van der Waals surface area contributed by atoms with Crippen molar-refractivity contribution >= 4 is 16.0 Å². The molecule has 0 amide bonds. The summed E-state index contributed by atoms with van der Waals surface area (Å²) in [6.45, 7) is 3.04. The summed E-state index contributed by atoms with van der Waals surface area (Å²) in [5, 5.41) is 7.12. The number of likely N-dealkylation sites (N-methyl/N-ethyl adjacent to an activating group) is 1. The first-order valence-electron chi connectivity index (χ1n) is 8.15. The Labute approximate surface area is 155 Å². The maximum absolute atomic E-state index is 12.2. The molecule has 0 radical (unpaired) electrons. The molecule has 0 spiro atoms. The van der Waals surface area contributed by atoms with E-state index in [1.165, 1.54) is 0 Å². The van der Waals surface area contributed by atoms with Crippen LogP contribution in [0.5, 0.6) is 0 Å².